The van der Waals surface area contributed by atoms with E-state index in [2.05, 4.69) is 19.6 Å². The molecule has 0 amide bonds. The van der Waals surface area contributed by atoms with Gasteiger partial charge in [0.25, 0.3) is 5.56 Å². The molecule has 0 unspecified atom stereocenters. The Morgan fingerprint density at radius 3 is 2.69 bits per heavy atom. The van der Waals surface area contributed by atoms with Gasteiger partial charge in [0.15, 0.2) is 0 Å². The highest BCUT2D eigenvalue weighted by Crippen LogP contribution is 2.01. The summed E-state index contributed by atoms with van der Waals surface area (Å²) in [5.41, 5.74) is 1.91. The summed E-state index contributed by atoms with van der Waals surface area (Å²) in [6.45, 7) is 4.82. The Hall–Kier alpha value is -0.700. The Kier molecular flexibility index (Phi) is 3.60. The monoisotopic (exact) mass is 197 g/mol. The molecule has 0 aliphatic heterocycles. The number of aromatic nitrogens is 1. The molecule has 1 heterocycles. The zero-order valence-corrected chi connectivity index (χ0v) is 8.97. The SMILES string of the molecule is CCCn1c(C)ccc(CS)c1=O. The molecule has 1 aromatic heterocycles. The molecule has 0 bridgehead atoms. The topological polar surface area (TPSA) is 22.0 Å². The molecule has 1 aromatic rings. The molecule has 0 saturated carbocycles. The number of aryl methyl sites for hydroxylation is 1. The summed E-state index contributed by atoms with van der Waals surface area (Å²) in [7, 11) is 0. The minimum absolute atomic E-state index is 0.108. The maximum Gasteiger partial charge on any atom is 0.254 e. The Labute approximate surface area is 84.0 Å². The van der Waals surface area contributed by atoms with Crippen LogP contribution in [0.2, 0.25) is 0 Å². The number of rotatable bonds is 3. The lowest BCUT2D eigenvalue weighted by Gasteiger charge is -2.09. The van der Waals surface area contributed by atoms with E-state index in [0.717, 1.165) is 24.2 Å². The molecule has 2 nitrogen and oxygen atoms in total. The number of hydrogen-bond donors (Lipinski definition) is 1. The van der Waals surface area contributed by atoms with Gasteiger partial charge < -0.3 is 4.57 Å². The summed E-state index contributed by atoms with van der Waals surface area (Å²) >= 11 is 4.12. The summed E-state index contributed by atoms with van der Waals surface area (Å²) in [5.74, 6) is 0.517. The van der Waals surface area contributed by atoms with Crippen LogP contribution in [0, 0.1) is 6.92 Å². The van der Waals surface area contributed by atoms with Crippen LogP contribution < -0.4 is 5.56 Å². The van der Waals surface area contributed by atoms with E-state index in [-0.39, 0.29) is 5.56 Å². The Bertz CT molecular complexity index is 343. The molecule has 0 saturated heterocycles. The highest BCUT2D eigenvalue weighted by atomic mass is 32.1. The van der Waals surface area contributed by atoms with Crippen LogP contribution in [0.15, 0.2) is 16.9 Å². The van der Waals surface area contributed by atoms with Gasteiger partial charge in [0.2, 0.25) is 0 Å². The van der Waals surface area contributed by atoms with E-state index in [4.69, 9.17) is 0 Å². The Morgan fingerprint density at radius 1 is 1.46 bits per heavy atom. The fraction of sp³-hybridized carbons (Fsp3) is 0.500. The Balaban J connectivity index is 3.22. The van der Waals surface area contributed by atoms with Gasteiger partial charge in [-0.2, -0.15) is 12.6 Å². The van der Waals surface area contributed by atoms with Crippen molar-refractivity contribution in [1.82, 2.24) is 4.57 Å². The van der Waals surface area contributed by atoms with Gasteiger partial charge in [-0.05, 0) is 19.4 Å². The van der Waals surface area contributed by atoms with Gasteiger partial charge in [0.05, 0.1) is 0 Å². The van der Waals surface area contributed by atoms with Crippen molar-refractivity contribution in [1.29, 1.82) is 0 Å². The molecular formula is C10H15NOS. The highest BCUT2D eigenvalue weighted by molar-refractivity contribution is 7.79. The zero-order valence-electron chi connectivity index (χ0n) is 8.08. The number of thiol groups is 1. The van der Waals surface area contributed by atoms with Crippen LogP contribution in [0.1, 0.15) is 24.6 Å². The molecule has 0 aromatic carbocycles. The van der Waals surface area contributed by atoms with Gasteiger partial charge in [-0.25, -0.2) is 0 Å². The van der Waals surface area contributed by atoms with Crippen LogP contribution in [0.4, 0.5) is 0 Å². The van der Waals surface area contributed by atoms with Crippen LogP contribution in [0.5, 0.6) is 0 Å². The second-order valence-corrected chi connectivity index (χ2v) is 3.43. The predicted molar refractivity (Wildman–Crippen MR) is 58.4 cm³/mol. The molecule has 13 heavy (non-hydrogen) atoms. The average molecular weight is 197 g/mol. The molecule has 0 atom stereocenters. The lowest BCUT2D eigenvalue weighted by atomic mass is 10.2. The summed E-state index contributed by atoms with van der Waals surface area (Å²) in [6.07, 6.45) is 0.983. The predicted octanol–water partition coefficient (Wildman–Crippen LogP) is 2.00. The third-order valence-electron chi connectivity index (χ3n) is 2.09. The molecule has 0 fully saturated rings. The van der Waals surface area contributed by atoms with E-state index in [1.54, 1.807) is 0 Å². The summed E-state index contributed by atoms with van der Waals surface area (Å²) in [6, 6.07) is 3.83. The van der Waals surface area contributed by atoms with Crippen molar-refractivity contribution in [3.8, 4) is 0 Å². The van der Waals surface area contributed by atoms with Gasteiger partial charge >= 0.3 is 0 Å². The molecule has 0 spiro atoms. The smallest absolute Gasteiger partial charge is 0.254 e. The lowest BCUT2D eigenvalue weighted by Crippen LogP contribution is -2.24. The van der Waals surface area contributed by atoms with E-state index in [1.807, 2.05) is 23.6 Å². The summed E-state index contributed by atoms with van der Waals surface area (Å²) in [4.78, 5) is 11.7. The first-order valence-electron chi connectivity index (χ1n) is 4.51. The van der Waals surface area contributed by atoms with Crippen molar-refractivity contribution in [2.24, 2.45) is 0 Å². The first kappa shape index (κ1) is 10.4. The van der Waals surface area contributed by atoms with Crippen molar-refractivity contribution < 1.29 is 0 Å². The van der Waals surface area contributed by atoms with E-state index in [1.165, 1.54) is 0 Å². The van der Waals surface area contributed by atoms with Crippen LogP contribution >= 0.6 is 12.6 Å². The maximum absolute atomic E-state index is 11.7. The van der Waals surface area contributed by atoms with Crippen molar-refractivity contribution in [3.05, 3.63) is 33.7 Å². The van der Waals surface area contributed by atoms with E-state index < -0.39 is 0 Å². The van der Waals surface area contributed by atoms with Gasteiger partial charge in [-0.15, -0.1) is 0 Å². The Morgan fingerprint density at radius 2 is 2.15 bits per heavy atom. The van der Waals surface area contributed by atoms with E-state index in [9.17, 15) is 4.79 Å². The minimum Gasteiger partial charge on any atom is -0.313 e. The van der Waals surface area contributed by atoms with Crippen LogP contribution in [0.3, 0.4) is 0 Å². The van der Waals surface area contributed by atoms with Gasteiger partial charge in [-0.3, -0.25) is 4.79 Å². The third kappa shape index (κ3) is 2.15. The summed E-state index contributed by atoms with van der Waals surface area (Å²) < 4.78 is 1.81. The van der Waals surface area contributed by atoms with Gasteiger partial charge in [0, 0.05) is 23.6 Å². The molecular weight excluding hydrogens is 182 g/mol. The van der Waals surface area contributed by atoms with Gasteiger partial charge in [0.1, 0.15) is 0 Å². The van der Waals surface area contributed by atoms with Crippen LogP contribution in [0.25, 0.3) is 0 Å². The third-order valence-corrected chi connectivity index (χ3v) is 2.43. The number of hydrogen-bond acceptors (Lipinski definition) is 2. The lowest BCUT2D eigenvalue weighted by molar-refractivity contribution is 0.631. The molecule has 0 aliphatic carbocycles. The maximum atomic E-state index is 11.7. The standard InChI is InChI=1S/C10H15NOS/c1-3-6-11-8(2)4-5-9(7-13)10(11)12/h4-5,13H,3,6-7H2,1-2H3. The van der Waals surface area contributed by atoms with Crippen molar-refractivity contribution in [2.75, 3.05) is 0 Å². The normalized spacial score (nSPS) is 10.4. The fourth-order valence-electron chi connectivity index (χ4n) is 1.34. The highest BCUT2D eigenvalue weighted by Gasteiger charge is 2.03. The molecule has 0 aliphatic rings. The van der Waals surface area contributed by atoms with Crippen molar-refractivity contribution >= 4 is 12.6 Å². The van der Waals surface area contributed by atoms with Crippen LogP contribution in [-0.2, 0) is 12.3 Å². The molecule has 72 valence electrons. The number of nitrogens with zero attached hydrogens (tertiary/aromatic N) is 1. The second kappa shape index (κ2) is 4.51. The first-order valence-corrected chi connectivity index (χ1v) is 5.14. The molecule has 1 rings (SSSR count). The fourth-order valence-corrected chi connectivity index (χ4v) is 1.58. The second-order valence-electron chi connectivity index (χ2n) is 3.11. The quantitative estimate of drug-likeness (QED) is 0.735. The number of pyridine rings is 1. The average Bonchev–Trinajstić information content (AvgIpc) is 2.12. The van der Waals surface area contributed by atoms with Crippen LogP contribution in [-0.4, -0.2) is 4.57 Å². The summed E-state index contributed by atoms with van der Waals surface area (Å²) in [5, 5.41) is 0. The molecule has 0 N–H and O–H groups in total. The first-order chi connectivity index (χ1) is 6.20. The van der Waals surface area contributed by atoms with Crippen molar-refractivity contribution in [2.45, 2.75) is 32.6 Å². The van der Waals surface area contributed by atoms with Crippen molar-refractivity contribution in [3.63, 3.8) is 0 Å². The molecule has 3 heteroatoms. The molecule has 0 radical (unpaired) electrons. The van der Waals surface area contributed by atoms with E-state index in [0.29, 0.717) is 5.75 Å². The van der Waals surface area contributed by atoms with E-state index >= 15 is 0 Å². The van der Waals surface area contributed by atoms with Gasteiger partial charge in [-0.1, -0.05) is 13.0 Å². The zero-order chi connectivity index (χ0) is 9.84. The minimum atomic E-state index is 0.108. The largest absolute Gasteiger partial charge is 0.313 e.